The van der Waals surface area contributed by atoms with E-state index in [1.54, 1.807) is 0 Å². The van der Waals surface area contributed by atoms with Crippen molar-refractivity contribution in [3.05, 3.63) is 30.1 Å². The minimum absolute atomic E-state index is 0.202. The molecular formula is C11H12N4OS. The van der Waals surface area contributed by atoms with E-state index in [9.17, 15) is 0 Å². The molecular weight excluding hydrogens is 236 g/mol. The molecule has 0 unspecified atom stereocenters. The summed E-state index contributed by atoms with van der Waals surface area (Å²) in [4.78, 5) is 4.27. The van der Waals surface area contributed by atoms with Gasteiger partial charge in [-0.05, 0) is 24.4 Å². The Morgan fingerprint density at radius 1 is 1.47 bits per heavy atom. The van der Waals surface area contributed by atoms with Crippen LogP contribution in [0.25, 0.3) is 11.5 Å². The SMILES string of the molecule is CCc1noc(-c2ccccc2NC(N)=S)n1. The molecule has 6 heteroatoms. The number of para-hydroxylation sites is 1. The van der Waals surface area contributed by atoms with Gasteiger partial charge in [-0.3, -0.25) is 0 Å². The normalized spacial score (nSPS) is 10.2. The predicted octanol–water partition coefficient (Wildman–Crippen LogP) is 1.95. The van der Waals surface area contributed by atoms with Crippen LogP contribution in [0.2, 0.25) is 0 Å². The molecule has 0 aliphatic heterocycles. The van der Waals surface area contributed by atoms with Crippen LogP contribution < -0.4 is 11.1 Å². The average molecular weight is 248 g/mol. The number of hydrogen-bond acceptors (Lipinski definition) is 4. The molecule has 1 aromatic heterocycles. The maximum absolute atomic E-state index is 5.46. The van der Waals surface area contributed by atoms with E-state index in [2.05, 4.69) is 15.5 Å². The number of thiocarbonyl (C=S) groups is 1. The number of nitrogens with zero attached hydrogens (tertiary/aromatic N) is 2. The van der Waals surface area contributed by atoms with Gasteiger partial charge < -0.3 is 15.6 Å². The summed E-state index contributed by atoms with van der Waals surface area (Å²) in [5.74, 6) is 1.13. The summed E-state index contributed by atoms with van der Waals surface area (Å²) in [5, 5.41) is 6.94. The zero-order valence-corrected chi connectivity index (χ0v) is 10.1. The highest BCUT2D eigenvalue weighted by atomic mass is 32.1. The first-order chi connectivity index (χ1) is 8.20. The number of anilines is 1. The fraction of sp³-hybridized carbons (Fsp3) is 0.182. The van der Waals surface area contributed by atoms with E-state index in [1.807, 2.05) is 31.2 Å². The number of nitrogens with two attached hydrogens (primary N) is 1. The summed E-state index contributed by atoms with van der Waals surface area (Å²) in [5.41, 5.74) is 7.00. The number of hydrogen-bond donors (Lipinski definition) is 2. The second-order valence-electron chi connectivity index (χ2n) is 3.40. The zero-order chi connectivity index (χ0) is 12.3. The van der Waals surface area contributed by atoms with E-state index in [4.69, 9.17) is 22.5 Å². The molecule has 1 heterocycles. The highest BCUT2D eigenvalue weighted by molar-refractivity contribution is 7.80. The molecule has 88 valence electrons. The molecule has 2 rings (SSSR count). The second kappa shape index (κ2) is 4.92. The first-order valence-electron chi connectivity index (χ1n) is 5.19. The van der Waals surface area contributed by atoms with E-state index < -0.39 is 0 Å². The molecule has 0 fully saturated rings. The van der Waals surface area contributed by atoms with Crippen molar-refractivity contribution >= 4 is 23.0 Å². The van der Waals surface area contributed by atoms with Crippen molar-refractivity contribution < 1.29 is 4.52 Å². The van der Waals surface area contributed by atoms with Gasteiger partial charge in [0.1, 0.15) is 0 Å². The van der Waals surface area contributed by atoms with Gasteiger partial charge in [-0.2, -0.15) is 4.98 Å². The smallest absolute Gasteiger partial charge is 0.260 e. The van der Waals surface area contributed by atoms with Gasteiger partial charge in [0, 0.05) is 6.42 Å². The maximum Gasteiger partial charge on any atom is 0.260 e. The van der Waals surface area contributed by atoms with Crippen molar-refractivity contribution in [1.82, 2.24) is 10.1 Å². The molecule has 0 radical (unpaired) electrons. The van der Waals surface area contributed by atoms with Gasteiger partial charge in [0.15, 0.2) is 10.9 Å². The molecule has 0 atom stereocenters. The molecule has 3 N–H and O–H groups in total. The highest BCUT2D eigenvalue weighted by Crippen LogP contribution is 2.26. The fourth-order valence-electron chi connectivity index (χ4n) is 1.42. The molecule has 2 aromatic rings. The van der Waals surface area contributed by atoms with E-state index >= 15 is 0 Å². The molecule has 0 aliphatic carbocycles. The molecule has 17 heavy (non-hydrogen) atoms. The Kier molecular flexibility index (Phi) is 3.34. The van der Waals surface area contributed by atoms with E-state index in [0.717, 1.165) is 17.7 Å². The zero-order valence-electron chi connectivity index (χ0n) is 9.30. The second-order valence-corrected chi connectivity index (χ2v) is 3.84. The van der Waals surface area contributed by atoms with Crippen LogP contribution in [0.1, 0.15) is 12.7 Å². The number of rotatable bonds is 3. The van der Waals surface area contributed by atoms with Crippen molar-refractivity contribution in [2.75, 3.05) is 5.32 Å². The quantitative estimate of drug-likeness (QED) is 0.808. The Balaban J connectivity index is 2.40. The minimum Gasteiger partial charge on any atom is -0.376 e. The van der Waals surface area contributed by atoms with Gasteiger partial charge in [0.05, 0.1) is 11.3 Å². The van der Waals surface area contributed by atoms with Crippen LogP contribution in [-0.2, 0) is 6.42 Å². The summed E-state index contributed by atoms with van der Waals surface area (Å²) >= 11 is 4.82. The maximum atomic E-state index is 5.46. The molecule has 0 amide bonds. The summed E-state index contributed by atoms with van der Waals surface area (Å²) in [6.45, 7) is 1.97. The van der Waals surface area contributed by atoms with Gasteiger partial charge in [-0.1, -0.05) is 24.2 Å². The Morgan fingerprint density at radius 2 is 2.24 bits per heavy atom. The standard InChI is InChI=1S/C11H12N4OS/c1-2-9-14-10(16-15-9)7-5-3-4-6-8(7)13-11(12)17/h3-6H,2H2,1H3,(H3,12,13,17). The number of aromatic nitrogens is 2. The van der Waals surface area contributed by atoms with Crippen LogP contribution in [0.15, 0.2) is 28.8 Å². The third kappa shape index (κ3) is 2.59. The molecule has 0 saturated carbocycles. The van der Waals surface area contributed by atoms with Crippen LogP contribution in [0.5, 0.6) is 0 Å². The average Bonchev–Trinajstić information content (AvgIpc) is 2.77. The monoisotopic (exact) mass is 248 g/mol. The molecule has 1 aromatic carbocycles. The summed E-state index contributed by atoms with van der Waals surface area (Å²) in [6, 6.07) is 7.48. The third-order valence-electron chi connectivity index (χ3n) is 2.20. The van der Waals surface area contributed by atoms with Gasteiger partial charge in [-0.15, -0.1) is 0 Å². The molecule has 0 bridgehead atoms. The highest BCUT2D eigenvalue weighted by Gasteiger charge is 2.11. The van der Waals surface area contributed by atoms with Crippen LogP contribution in [0, 0.1) is 0 Å². The van der Waals surface area contributed by atoms with E-state index in [-0.39, 0.29) is 5.11 Å². The minimum atomic E-state index is 0.202. The lowest BCUT2D eigenvalue weighted by molar-refractivity contribution is 0.423. The van der Waals surface area contributed by atoms with Crippen LogP contribution in [0.4, 0.5) is 5.69 Å². The van der Waals surface area contributed by atoms with Crippen molar-refractivity contribution in [1.29, 1.82) is 0 Å². The first kappa shape index (κ1) is 11.5. The van der Waals surface area contributed by atoms with E-state index in [1.165, 1.54) is 0 Å². The molecule has 0 saturated heterocycles. The third-order valence-corrected chi connectivity index (χ3v) is 2.30. The molecule has 5 nitrogen and oxygen atoms in total. The lowest BCUT2D eigenvalue weighted by Crippen LogP contribution is -2.19. The van der Waals surface area contributed by atoms with Crippen molar-refractivity contribution in [2.45, 2.75) is 13.3 Å². The lowest BCUT2D eigenvalue weighted by atomic mass is 10.2. The summed E-state index contributed by atoms with van der Waals surface area (Å²) in [6.07, 6.45) is 0.731. The molecule has 0 aliphatic rings. The van der Waals surface area contributed by atoms with Crippen LogP contribution in [-0.4, -0.2) is 15.3 Å². The van der Waals surface area contributed by atoms with Crippen molar-refractivity contribution in [3.8, 4) is 11.5 Å². The summed E-state index contributed by atoms with van der Waals surface area (Å²) < 4.78 is 5.18. The fourth-order valence-corrected chi connectivity index (χ4v) is 1.53. The Morgan fingerprint density at radius 3 is 2.88 bits per heavy atom. The van der Waals surface area contributed by atoms with Gasteiger partial charge in [0.25, 0.3) is 5.89 Å². The Hall–Kier alpha value is -1.95. The van der Waals surface area contributed by atoms with Crippen LogP contribution >= 0.6 is 12.2 Å². The predicted molar refractivity (Wildman–Crippen MR) is 69.5 cm³/mol. The number of nitrogens with one attached hydrogen (secondary N) is 1. The number of benzene rings is 1. The number of aryl methyl sites for hydroxylation is 1. The lowest BCUT2D eigenvalue weighted by Gasteiger charge is -2.06. The van der Waals surface area contributed by atoms with E-state index in [0.29, 0.717) is 11.7 Å². The Labute approximate surface area is 104 Å². The topological polar surface area (TPSA) is 77.0 Å². The van der Waals surface area contributed by atoms with Gasteiger partial charge in [0.2, 0.25) is 0 Å². The van der Waals surface area contributed by atoms with Crippen molar-refractivity contribution in [2.24, 2.45) is 5.73 Å². The van der Waals surface area contributed by atoms with Gasteiger partial charge >= 0.3 is 0 Å². The van der Waals surface area contributed by atoms with Crippen molar-refractivity contribution in [3.63, 3.8) is 0 Å². The largest absolute Gasteiger partial charge is 0.376 e. The summed E-state index contributed by atoms with van der Waals surface area (Å²) in [7, 11) is 0. The Bertz CT molecular complexity index is 538. The molecule has 0 spiro atoms. The first-order valence-corrected chi connectivity index (χ1v) is 5.60. The van der Waals surface area contributed by atoms with Gasteiger partial charge in [-0.25, -0.2) is 0 Å². The van der Waals surface area contributed by atoms with Crippen LogP contribution in [0.3, 0.4) is 0 Å².